The molecule has 0 aliphatic carbocycles. The fourth-order valence-electron chi connectivity index (χ4n) is 3.25. The Kier molecular flexibility index (Phi) is 4.50. The minimum absolute atomic E-state index is 0.342. The third-order valence-corrected chi connectivity index (χ3v) is 5.40. The summed E-state index contributed by atoms with van der Waals surface area (Å²) in [7, 11) is 0. The van der Waals surface area contributed by atoms with Gasteiger partial charge in [0.15, 0.2) is 6.23 Å². The summed E-state index contributed by atoms with van der Waals surface area (Å²) in [6, 6.07) is 0. The maximum Gasteiger partial charge on any atom is 0.164 e. The Morgan fingerprint density at radius 3 is 2.88 bits per heavy atom. The Morgan fingerprint density at radius 1 is 1.36 bits per heavy atom. The first-order valence-electron chi connectivity index (χ1n) is 8.21. The summed E-state index contributed by atoms with van der Waals surface area (Å²) in [5.41, 5.74) is 6.45. The van der Waals surface area contributed by atoms with Crippen LogP contribution in [0.15, 0.2) is 29.1 Å². The molecule has 0 spiro atoms. The highest BCUT2D eigenvalue weighted by molar-refractivity contribution is 9.10. The lowest BCUT2D eigenvalue weighted by atomic mass is 9.98. The highest BCUT2D eigenvalue weighted by Crippen LogP contribution is 2.36. The van der Waals surface area contributed by atoms with Gasteiger partial charge >= 0.3 is 0 Å². The highest BCUT2D eigenvalue weighted by atomic mass is 79.9. The van der Waals surface area contributed by atoms with Gasteiger partial charge in [0.1, 0.15) is 36.1 Å². The number of nitrogen functional groups attached to an aromatic ring is 1. The highest BCUT2D eigenvalue weighted by Gasteiger charge is 2.43. The van der Waals surface area contributed by atoms with Crippen LogP contribution in [0.25, 0.3) is 11.0 Å². The van der Waals surface area contributed by atoms with Gasteiger partial charge in [0.25, 0.3) is 0 Å². The molecule has 2 aromatic rings. The Morgan fingerprint density at radius 2 is 2.16 bits per heavy atom. The minimum Gasteiger partial charge on any atom is -0.387 e. The lowest BCUT2D eigenvalue weighted by Crippen LogP contribution is -2.41. The van der Waals surface area contributed by atoms with E-state index in [0.717, 1.165) is 19.5 Å². The van der Waals surface area contributed by atoms with Crippen molar-refractivity contribution in [1.82, 2.24) is 19.9 Å². The molecule has 134 valence electrons. The quantitative estimate of drug-likeness (QED) is 0.544. The van der Waals surface area contributed by atoms with E-state index in [2.05, 4.69) is 31.2 Å². The molecule has 9 heteroatoms. The van der Waals surface area contributed by atoms with E-state index in [4.69, 9.17) is 10.5 Å². The number of halogens is 1. The Labute approximate surface area is 152 Å². The summed E-state index contributed by atoms with van der Waals surface area (Å²) in [6.45, 7) is 2.04. The Balaban J connectivity index is 1.57. The van der Waals surface area contributed by atoms with Crippen LogP contribution < -0.4 is 11.1 Å². The molecule has 2 aromatic heterocycles. The molecule has 8 nitrogen and oxygen atoms in total. The van der Waals surface area contributed by atoms with Crippen molar-refractivity contribution in [2.75, 3.05) is 18.8 Å². The maximum absolute atomic E-state index is 10.5. The maximum atomic E-state index is 10.5. The molecule has 4 atom stereocenters. The van der Waals surface area contributed by atoms with Crippen LogP contribution in [-0.2, 0) is 4.74 Å². The van der Waals surface area contributed by atoms with E-state index >= 15 is 0 Å². The average Bonchev–Trinajstić information content (AvgIpc) is 3.02. The molecule has 5 N–H and O–H groups in total. The first-order valence-corrected chi connectivity index (χ1v) is 9.01. The topological polar surface area (TPSA) is 118 Å². The number of aromatic nitrogens is 3. The standard InChI is InChI=1S/C16H20BrN5O3/c17-9-6-22(15-11(9)14(18)20-7-21-15)16-13(24)12(23)10(25-16)3-1-2-8-4-19-5-8/h1,3,6-8,10,12-13,16,19,23-24H,2,4-5H2,(H2,18,20,21)/b3-1+/t10-,12-,13-,16-/m1/s1. The lowest BCUT2D eigenvalue weighted by Gasteiger charge is -2.25. The van der Waals surface area contributed by atoms with Crippen LogP contribution in [0.5, 0.6) is 0 Å². The molecule has 0 saturated carbocycles. The van der Waals surface area contributed by atoms with Gasteiger partial charge in [-0.3, -0.25) is 0 Å². The molecular weight excluding hydrogens is 390 g/mol. The van der Waals surface area contributed by atoms with Crippen molar-refractivity contribution in [1.29, 1.82) is 0 Å². The van der Waals surface area contributed by atoms with Crippen LogP contribution in [0, 0.1) is 5.92 Å². The van der Waals surface area contributed by atoms with E-state index in [-0.39, 0.29) is 0 Å². The zero-order valence-electron chi connectivity index (χ0n) is 13.4. The van der Waals surface area contributed by atoms with Crippen molar-refractivity contribution in [2.45, 2.75) is 31.0 Å². The Bertz CT molecular complexity index is 806. The zero-order chi connectivity index (χ0) is 17.6. The Hall–Kier alpha value is -1.52. The van der Waals surface area contributed by atoms with E-state index in [1.54, 1.807) is 10.8 Å². The van der Waals surface area contributed by atoms with E-state index in [1.807, 2.05) is 12.2 Å². The molecule has 2 aliphatic rings. The first kappa shape index (κ1) is 16.9. The van der Waals surface area contributed by atoms with E-state index in [9.17, 15) is 10.2 Å². The number of rotatable bonds is 4. The predicted octanol–water partition coefficient (Wildman–Crippen LogP) is 0.561. The van der Waals surface area contributed by atoms with Crippen LogP contribution in [0.1, 0.15) is 12.6 Å². The largest absolute Gasteiger partial charge is 0.387 e. The summed E-state index contributed by atoms with van der Waals surface area (Å²) in [5, 5.41) is 24.7. The third-order valence-electron chi connectivity index (χ3n) is 4.80. The number of aliphatic hydroxyl groups is 2. The van der Waals surface area contributed by atoms with Gasteiger partial charge in [-0.15, -0.1) is 0 Å². The fourth-order valence-corrected chi connectivity index (χ4v) is 3.85. The average molecular weight is 410 g/mol. The number of nitrogens with one attached hydrogen (secondary N) is 1. The summed E-state index contributed by atoms with van der Waals surface area (Å²) >= 11 is 3.44. The van der Waals surface area contributed by atoms with E-state index < -0.39 is 24.5 Å². The predicted molar refractivity (Wildman–Crippen MR) is 95.7 cm³/mol. The summed E-state index contributed by atoms with van der Waals surface area (Å²) in [4.78, 5) is 8.22. The van der Waals surface area contributed by atoms with Gasteiger partial charge in [-0.25, -0.2) is 9.97 Å². The zero-order valence-corrected chi connectivity index (χ0v) is 15.0. The molecular formula is C16H20BrN5O3. The number of ether oxygens (including phenoxy) is 1. The number of aliphatic hydroxyl groups excluding tert-OH is 2. The van der Waals surface area contributed by atoms with Crippen LogP contribution in [0.3, 0.4) is 0 Å². The van der Waals surface area contributed by atoms with Crippen molar-refractivity contribution < 1.29 is 14.9 Å². The number of hydrogen-bond donors (Lipinski definition) is 4. The third kappa shape index (κ3) is 2.96. The van der Waals surface area contributed by atoms with Crippen molar-refractivity contribution in [3.8, 4) is 0 Å². The SMILES string of the molecule is Nc1ncnc2c1c(Br)cn2[C@@H]1O[C@H](/C=C/CC2CNC2)[C@@H](O)[C@H]1O. The first-order chi connectivity index (χ1) is 12.1. The molecule has 2 saturated heterocycles. The van der Waals surface area contributed by atoms with E-state index in [0.29, 0.717) is 27.2 Å². The van der Waals surface area contributed by atoms with Crippen LogP contribution in [0.2, 0.25) is 0 Å². The van der Waals surface area contributed by atoms with Crippen LogP contribution in [-0.4, -0.2) is 56.1 Å². The van der Waals surface area contributed by atoms with Gasteiger partial charge in [0.2, 0.25) is 0 Å². The number of allylic oxidation sites excluding steroid dienone is 1. The van der Waals surface area contributed by atoms with Crippen LogP contribution in [0.4, 0.5) is 5.82 Å². The lowest BCUT2D eigenvalue weighted by molar-refractivity contribution is -0.0242. The van der Waals surface area contributed by atoms with Gasteiger partial charge in [-0.2, -0.15) is 0 Å². The smallest absolute Gasteiger partial charge is 0.164 e. The van der Waals surface area contributed by atoms with Gasteiger partial charge in [0, 0.05) is 10.7 Å². The molecule has 0 amide bonds. The second-order valence-electron chi connectivity index (χ2n) is 6.50. The molecule has 2 aliphatic heterocycles. The molecule has 0 radical (unpaired) electrons. The van der Waals surface area contributed by atoms with Gasteiger partial charge < -0.3 is 30.6 Å². The number of hydrogen-bond acceptors (Lipinski definition) is 7. The molecule has 2 fully saturated rings. The van der Waals surface area contributed by atoms with Gasteiger partial charge in [-0.05, 0) is 41.4 Å². The second kappa shape index (κ2) is 6.65. The van der Waals surface area contributed by atoms with Crippen molar-refractivity contribution in [3.63, 3.8) is 0 Å². The molecule has 0 bridgehead atoms. The van der Waals surface area contributed by atoms with E-state index in [1.165, 1.54) is 6.33 Å². The second-order valence-corrected chi connectivity index (χ2v) is 7.36. The number of nitrogens with two attached hydrogens (primary N) is 1. The minimum atomic E-state index is -1.07. The molecule has 25 heavy (non-hydrogen) atoms. The van der Waals surface area contributed by atoms with Crippen molar-refractivity contribution in [2.24, 2.45) is 5.92 Å². The number of nitrogens with zero attached hydrogens (tertiary/aromatic N) is 3. The number of anilines is 1. The summed E-state index contributed by atoms with van der Waals surface area (Å²) in [5.74, 6) is 0.980. The molecule has 4 heterocycles. The molecule has 0 aromatic carbocycles. The normalized spacial score (nSPS) is 30.4. The fraction of sp³-hybridized carbons (Fsp3) is 0.500. The van der Waals surface area contributed by atoms with Gasteiger partial charge in [0.05, 0.1) is 5.39 Å². The molecule has 4 rings (SSSR count). The summed E-state index contributed by atoms with van der Waals surface area (Å²) < 4.78 is 8.29. The van der Waals surface area contributed by atoms with Gasteiger partial charge in [-0.1, -0.05) is 12.2 Å². The van der Waals surface area contributed by atoms with Crippen LogP contribution >= 0.6 is 15.9 Å². The summed E-state index contributed by atoms with van der Waals surface area (Å²) in [6.07, 6.45) is 4.48. The van der Waals surface area contributed by atoms with Crippen molar-refractivity contribution >= 4 is 32.8 Å². The number of fused-ring (bicyclic) bond motifs is 1. The monoisotopic (exact) mass is 409 g/mol. The van der Waals surface area contributed by atoms with Crippen molar-refractivity contribution in [3.05, 3.63) is 29.1 Å². The molecule has 0 unspecified atom stereocenters.